The fraction of sp³-hybridized carbons (Fsp3) is 0.765. The van der Waals surface area contributed by atoms with E-state index >= 15 is 0 Å². The highest BCUT2D eigenvalue weighted by Gasteiger charge is 2.50. The molecule has 1 aromatic heterocycles. The zero-order valence-electron chi connectivity index (χ0n) is 12.1. The lowest BCUT2D eigenvalue weighted by Crippen LogP contribution is -2.47. The molecule has 0 spiro atoms. The van der Waals surface area contributed by atoms with Crippen molar-refractivity contribution in [2.45, 2.75) is 51.5 Å². The Bertz CT molecular complexity index is 393. The molecule has 0 aliphatic heterocycles. The van der Waals surface area contributed by atoms with Gasteiger partial charge in [0.05, 0.1) is 0 Å². The van der Waals surface area contributed by atoms with Crippen LogP contribution in [0.15, 0.2) is 17.5 Å². The van der Waals surface area contributed by atoms with Gasteiger partial charge in [0.25, 0.3) is 0 Å². The van der Waals surface area contributed by atoms with Crippen molar-refractivity contribution in [3.8, 4) is 0 Å². The van der Waals surface area contributed by atoms with E-state index in [0.717, 1.165) is 29.7 Å². The largest absolute Gasteiger partial charge is 0.312 e. The van der Waals surface area contributed by atoms with E-state index in [1.54, 1.807) is 38.5 Å². The molecule has 0 aromatic carbocycles. The molecule has 4 bridgehead atoms. The molecule has 0 saturated heterocycles. The first-order valence-corrected chi connectivity index (χ1v) is 8.92. The van der Waals surface area contributed by atoms with Crippen molar-refractivity contribution < 1.29 is 0 Å². The van der Waals surface area contributed by atoms with Gasteiger partial charge >= 0.3 is 0 Å². The van der Waals surface area contributed by atoms with Gasteiger partial charge in [-0.1, -0.05) is 6.07 Å². The van der Waals surface area contributed by atoms with Crippen LogP contribution in [0.1, 0.15) is 49.8 Å². The van der Waals surface area contributed by atoms with Gasteiger partial charge in [-0.15, -0.1) is 23.7 Å². The van der Waals surface area contributed by atoms with Gasteiger partial charge < -0.3 is 5.32 Å². The molecule has 4 fully saturated rings. The van der Waals surface area contributed by atoms with Crippen molar-refractivity contribution in [3.05, 3.63) is 22.4 Å². The molecule has 1 aromatic rings. The van der Waals surface area contributed by atoms with Gasteiger partial charge in [0.15, 0.2) is 0 Å². The first-order valence-electron chi connectivity index (χ1n) is 8.04. The van der Waals surface area contributed by atoms with Gasteiger partial charge in [0.1, 0.15) is 0 Å². The summed E-state index contributed by atoms with van der Waals surface area (Å²) >= 11 is 1.87. The normalized spacial score (nSPS) is 37.9. The summed E-state index contributed by atoms with van der Waals surface area (Å²) in [4.78, 5) is 1.48. The molecule has 0 unspecified atom stereocenters. The molecule has 0 amide bonds. The maximum Gasteiger partial charge on any atom is 0.0299 e. The van der Waals surface area contributed by atoms with Crippen LogP contribution in [0.5, 0.6) is 0 Å². The molecular formula is C17H26ClNS. The van der Waals surface area contributed by atoms with Crippen molar-refractivity contribution in [2.75, 3.05) is 6.54 Å². The molecule has 20 heavy (non-hydrogen) atoms. The summed E-state index contributed by atoms with van der Waals surface area (Å²) in [5, 5.41) is 5.85. The summed E-state index contributed by atoms with van der Waals surface area (Å²) in [5.74, 6) is 3.30. The van der Waals surface area contributed by atoms with Crippen molar-refractivity contribution in [2.24, 2.45) is 23.2 Å². The van der Waals surface area contributed by atoms with E-state index in [2.05, 4.69) is 22.8 Å². The molecule has 1 heterocycles. The average molecular weight is 312 g/mol. The van der Waals surface area contributed by atoms with Gasteiger partial charge in [-0.2, -0.15) is 0 Å². The van der Waals surface area contributed by atoms with Crippen LogP contribution in [-0.2, 0) is 6.54 Å². The molecule has 112 valence electrons. The summed E-state index contributed by atoms with van der Waals surface area (Å²) in [5.41, 5.74) is 0.747. The van der Waals surface area contributed by atoms with Crippen molar-refractivity contribution in [1.29, 1.82) is 0 Å². The molecule has 5 rings (SSSR count). The summed E-state index contributed by atoms with van der Waals surface area (Å²) in [6.45, 7) is 2.30. The smallest absolute Gasteiger partial charge is 0.0299 e. The highest BCUT2D eigenvalue weighted by molar-refractivity contribution is 7.09. The third kappa shape index (κ3) is 2.93. The molecule has 4 saturated carbocycles. The predicted octanol–water partition coefficient (Wildman–Crippen LogP) is 4.87. The molecule has 0 atom stereocenters. The molecule has 3 heteroatoms. The molecule has 0 radical (unpaired) electrons. The molecule has 1 nitrogen and oxygen atoms in total. The topological polar surface area (TPSA) is 12.0 Å². The van der Waals surface area contributed by atoms with E-state index in [-0.39, 0.29) is 12.4 Å². The SMILES string of the molecule is Cl.c1csc(CNCCC23CC4CC(CC(C4)C2)C3)c1. The van der Waals surface area contributed by atoms with Gasteiger partial charge in [0, 0.05) is 11.4 Å². The highest BCUT2D eigenvalue weighted by atomic mass is 35.5. The van der Waals surface area contributed by atoms with Crippen LogP contribution in [0.4, 0.5) is 0 Å². The van der Waals surface area contributed by atoms with Crippen molar-refractivity contribution in [1.82, 2.24) is 5.32 Å². The van der Waals surface area contributed by atoms with E-state index in [4.69, 9.17) is 0 Å². The maximum atomic E-state index is 3.67. The number of hydrogen-bond acceptors (Lipinski definition) is 2. The quantitative estimate of drug-likeness (QED) is 0.765. The minimum absolute atomic E-state index is 0. The van der Waals surface area contributed by atoms with Crippen LogP contribution in [0.25, 0.3) is 0 Å². The highest BCUT2D eigenvalue weighted by Crippen LogP contribution is 2.61. The molecule has 4 aliphatic rings. The van der Waals surface area contributed by atoms with Gasteiger partial charge in [0.2, 0.25) is 0 Å². The Morgan fingerprint density at radius 1 is 1.10 bits per heavy atom. The van der Waals surface area contributed by atoms with Crippen molar-refractivity contribution >= 4 is 23.7 Å². The second-order valence-electron chi connectivity index (χ2n) is 7.42. The predicted molar refractivity (Wildman–Crippen MR) is 88.5 cm³/mol. The summed E-state index contributed by atoms with van der Waals surface area (Å²) < 4.78 is 0. The lowest BCUT2D eigenvalue weighted by Gasteiger charge is -2.57. The van der Waals surface area contributed by atoms with Crippen LogP contribution in [-0.4, -0.2) is 6.54 Å². The first kappa shape index (κ1) is 14.9. The number of halogens is 1. The number of rotatable bonds is 5. The first-order chi connectivity index (χ1) is 9.31. The zero-order valence-corrected chi connectivity index (χ0v) is 13.8. The third-order valence-corrected chi connectivity index (χ3v) is 6.75. The van der Waals surface area contributed by atoms with E-state index in [0.29, 0.717) is 0 Å². The Labute approximate surface area is 133 Å². The van der Waals surface area contributed by atoms with E-state index < -0.39 is 0 Å². The van der Waals surface area contributed by atoms with E-state index in [1.165, 1.54) is 17.8 Å². The fourth-order valence-corrected chi connectivity index (χ4v) is 6.25. The standard InChI is InChI=1S/C17H25NS.ClH/c1-2-16(19-5-1)12-18-4-3-17-9-13-6-14(10-17)8-15(7-13)11-17;/h1-2,5,13-15,18H,3-4,6-12H2;1H. The zero-order chi connectivity index (χ0) is 12.7. The second-order valence-corrected chi connectivity index (χ2v) is 8.46. The van der Waals surface area contributed by atoms with Gasteiger partial charge in [-0.25, -0.2) is 0 Å². The average Bonchev–Trinajstić information content (AvgIpc) is 2.86. The van der Waals surface area contributed by atoms with Crippen LogP contribution in [0.3, 0.4) is 0 Å². The summed E-state index contributed by atoms with van der Waals surface area (Å²) in [6, 6.07) is 4.39. The summed E-state index contributed by atoms with van der Waals surface area (Å²) in [6.07, 6.45) is 10.8. The molecule has 4 aliphatic carbocycles. The Kier molecular flexibility index (Phi) is 4.45. The van der Waals surface area contributed by atoms with Crippen LogP contribution in [0, 0.1) is 23.2 Å². The number of nitrogens with one attached hydrogen (secondary N) is 1. The Balaban J connectivity index is 0.00000121. The molecule has 1 N–H and O–H groups in total. The fourth-order valence-electron chi connectivity index (χ4n) is 5.57. The Morgan fingerprint density at radius 3 is 2.30 bits per heavy atom. The van der Waals surface area contributed by atoms with E-state index in [9.17, 15) is 0 Å². The van der Waals surface area contributed by atoms with Crippen molar-refractivity contribution in [3.63, 3.8) is 0 Å². The van der Waals surface area contributed by atoms with Crippen LogP contribution in [0.2, 0.25) is 0 Å². The lowest BCUT2D eigenvalue weighted by molar-refractivity contribution is -0.0567. The van der Waals surface area contributed by atoms with E-state index in [1.807, 2.05) is 11.3 Å². The summed E-state index contributed by atoms with van der Waals surface area (Å²) in [7, 11) is 0. The number of hydrogen-bond donors (Lipinski definition) is 1. The van der Waals surface area contributed by atoms with Gasteiger partial charge in [-0.3, -0.25) is 0 Å². The number of thiophene rings is 1. The Morgan fingerprint density at radius 2 is 1.75 bits per heavy atom. The molecular weight excluding hydrogens is 286 g/mol. The van der Waals surface area contributed by atoms with Crippen LogP contribution < -0.4 is 5.32 Å². The minimum atomic E-state index is 0. The Hall–Kier alpha value is -0.0500. The second kappa shape index (κ2) is 5.98. The lowest BCUT2D eigenvalue weighted by atomic mass is 9.49. The third-order valence-electron chi connectivity index (χ3n) is 5.88. The van der Waals surface area contributed by atoms with Crippen LogP contribution >= 0.6 is 23.7 Å². The minimum Gasteiger partial charge on any atom is -0.312 e. The monoisotopic (exact) mass is 311 g/mol. The maximum absolute atomic E-state index is 3.67. The van der Waals surface area contributed by atoms with Gasteiger partial charge in [-0.05, 0) is 86.1 Å².